The zero-order valence-corrected chi connectivity index (χ0v) is 24.9. The minimum atomic E-state index is -1.13. The fourth-order valence-electron chi connectivity index (χ4n) is 3.43. The van der Waals surface area contributed by atoms with Crippen molar-refractivity contribution in [1.29, 1.82) is 0 Å². The van der Waals surface area contributed by atoms with Crippen LogP contribution in [0.4, 0.5) is 14.4 Å². The van der Waals surface area contributed by atoms with Crippen molar-refractivity contribution in [1.82, 2.24) is 16.2 Å². The Hall–Kier alpha value is -4.58. The molecule has 0 heterocycles. The molecule has 11 nitrogen and oxygen atoms in total. The average Bonchev–Trinajstić information content (AvgIpc) is 2.94. The van der Waals surface area contributed by atoms with Gasteiger partial charge in [-0.3, -0.25) is 10.2 Å². The van der Waals surface area contributed by atoms with Crippen LogP contribution < -0.4 is 20.9 Å². The van der Waals surface area contributed by atoms with Crippen molar-refractivity contribution in [3.63, 3.8) is 0 Å². The van der Waals surface area contributed by atoms with Gasteiger partial charge in [0.25, 0.3) is 5.91 Å². The van der Waals surface area contributed by atoms with E-state index in [1.807, 2.05) is 30.3 Å². The summed E-state index contributed by atoms with van der Waals surface area (Å²) in [7, 11) is 0. The Labute approximate surface area is 252 Å². The summed E-state index contributed by atoms with van der Waals surface area (Å²) in [6.45, 7) is 5.10. The normalized spacial score (nSPS) is 11.4. The summed E-state index contributed by atoms with van der Waals surface area (Å²) in [5, 5.41) is 2.51. The number of benzene rings is 3. The molecule has 0 aliphatic heterocycles. The molecule has 0 aliphatic carbocycles. The van der Waals surface area contributed by atoms with E-state index in [-0.39, 0.29) is 25.4 Å². The van der Waals surface area contributed by atoms with Crippen molar-refractivity contribution in [2.24, 2.45) is 0 Å². The molecule has 1 atom stereocenters. The minimum Gasteiger partial charge on any atom is -0.444 e. The van der Waals surface area contributed by atoms with Gasteiger partial charge in [0.05, 0.1) is 0 Å². The second kappa shape index (κ2) is 15.4. The minimum absolute atomic E-state index is 0.00783. The molecule has 3 aromatic carbocycles. The van der Waals surface area contributed by atoms with E-state index >= 15 is 0 Å². The number of carbonyl (C=O) groups is 4. The number of hydrogen-bond acceptors (Lipinski definition) is 8. The first-order chi connectivity index (χ1) is 20.0. The van der Waals surface area contributed by atoms with Gasteiger partial charge in [0.15, 0.2) is 0 Å². The summed E-state index contributed by atoms with van der Waals surface area (Å²) in [5.74, 6) is -0.492. The first-order valence-electron chi connectivity index (χ1n) is 12.9. The molecule has 3 aromatic rings. The third-order valence-electron chi connectivity index (χ3n) is 5.38. The monoisotopic (exact) mass is 641 g/mol. The lowest BCUT2D eigenvalue weighted by molar-refractivity contribution is -0.124. The van der Waals surface area contributed by atoms with Crippen molar-refractivity contribution in [2.75, 3.05) is 0 Å². The Morgan fingerprint density at radius 3 is 2.10 bits per heavy atom. The fraction of sp³-hybridized carbons (Fsp3) is 0.267. The molecule has 0 fully saturated rings. The number of hydrogen-bond donors (Lipinski definition) is 3. The van der Waals surface area contributed by atoms with Crippen LogP contribution in [0.1, 0.15) is 37.5 Å². The summed E-state index contributed by atoms with van der Waals surface area (Å²) < 4.78 is 21.5. The van der Waals surface area contributed by atoms with E-state index in [4.69, 9.17) is 18.9 Å². The standard InChI is InChI=1S/C30H32BrN3O8/c1-30(2,3)42-27(36)32-25(26(35)33-34-28(37)39-18-21-9-5-4-6-10-21)17-20-13-15-23(16-14-20)41-29(38)40-19-22-11-7-8-12-24(22)31/h4-16,25H,17-19H2,1-3H3,(H,32,36)(H,33,35)(H,34,37)/t25-/m1/s1. The summed E-state index contributed by atoms with van der Waals surface area (Å²) >= 11 is 3.39. The van der Waals surface area contributed by atoms with Crippen molar-refractivity contribution < 1.29 is 38.1 Å². The Bertz CT molecular complexity index is 1360. The molecule has 222 valence electrons. The Morgan fingerprint density at radius 1 is 0.762 bits per heavy atom. The van der Waals surface area contributed by atoms with Gasteiger partial charge in [-0.25, -0.2) is 19.8 Å². The van der Waals surface area contributed by atoms with Crippen LogP contribution in [0.25, 0.3) is 0 Å². The largest absolute Gasteiger partial charge is 0.514 e. The van der Waals surface area contributed by atoms with Crippen LogP contribution in [-0.2, 0) is 38.6 Å². The second-order valence-electron chi connectivity index (χ2n) is 9.96. The van der Waals surface area contributed by atoms with Crippen molar-refractivity contribution in [2.45, 2.75) is 52.0 Å². The van der Waals surface area contributed by atoms with Crippen molar-refractivity contribution in [3.8, 4) is 5.75 Å². The first-order valence-corrected chi connectivity index (χ1v) is 13.7. The van der Waals surface area contributed by atoms with Crippen LogP contribution in [0.15, 0.2) is 83.3 Å². The van der Waals surface area contributed by atoms with Gasteiger partial charge in [-0.1, -0.05) is 76.6 Å². The number of carbonyl (C=O) groups excluding carboxylic acids is 4. The molecule has 3 amide bonds. The second-order valence-corrected chi connectivity index (χ2v) is 10.8. The molecular formula is C30H32BrN3O8. The summed E-state index contributed by atoms with van der Waals surface area (Å²) in [6, 6.07) is 21.5. The van der Waals surface area contributed by atoms with Gasteiger partial charge in [0.1, 0.15) is 30.6 Å². The SMILES string of the molecule is CC(C)(C)OC(=O)N[C@H](Cc1ccc(OC(=O)OCc2ccccc2Br)cc1)C(=O)NNC(=O)OCc1ccccc1. The molecule has 42 heavy (non-hydrogen) atoms. The van der Waals surface area contributed by atoms with E-state index in [1.165, 1.54) is 12.1 Å². The van der Waals surface area contributed by atoms with Crippen LogP contribution in [0.5, 0.6) is 5.75 Å². The van der Waals surface area contributed by atoms with Crippen LogP contribution in [0.3, 0.4) is 0 Å². The van der Waals surface area contributed by atoms with Crippen LogP contribution in [0.2, 0.25) is 0 Å². The topological polar surface area (TPSA) is 141 Å². The van der Waals surface area contributed by atoms with E-state index < -0.39 is 35.9 Å². The average molecular weight is 643 g/mol. The number of ether oxygens (including phenoxy) is 4. The lowest BCUT2D eigenvalue weighted by Gasteiger charge is -2.23. The third kappa shape index (κ3) is 11.5. The molecule has 0 saturated heterocycles. The van der Waals surface area contributed by atoms with Crippen LogP contribution in [-0.4, -0.2) is 35.9 Å². The fourth-order valence-corrected chi connectivity index (χ4v) is 3.82. The predicted molar refractivity (Wildman–Crippen MR) is 156 cm³/mol. The molecule has 0 radical (unpaired) electrons. The zero-order chi connectivity index (χ0) is 30.5. The van der Waals surface area contributed by atoms with E-state index in [1.54, 1.807) is 57.2 Å². The maximum Gasteiger partial charge on any atom is 0.514 e. The summed E-state index contributed by atoms with van der Waals surface area (Å²) in [4.78, 5) is 49.5. The zero-order valence-electron chi connectivity index (χ0n) is 23.3. The van der Waals surface area contributed by atoms with Crippen molar-refractivity contribution >= 4 is 40.2 Å². The van der Waals surface area contributed by atoms with E-state index in [2.05, 4.69) is 32.1 Å². The highest BCUT2D eigenvalue weighted by Crippen LogP contribution is 2.18. The first kappa shape index (κ1) is 31.9. The van der Waals surface area contributed by atoms with Gasteiger partial charge in [-0.05, 0) is 50.1 Å². The maximum atomic E-state index is 12.9. The van der Waals surface area contributed by atoms with Crippen LogP contribution in [0, 0.1) is 0 Å². The van der Waals surface area contributed by atoms with Gasteiger partial charge in [-0.15, -0.1) is 0 Å². The number of alkyl carbamates (subject to hydrolysis) is 1. The van der Waals surface area contributed by atoms with Gasteiger partial charge in [0, 0.05) is 16.5 Å². The Morgan fingerprint density at radius 2 is 1.43 bits per heavy atom. The van der Waals surface area contributed by atoms with Gasteiger partial charge in [-0.2, -0.15) is 0 Å². The summed E-state index contributed by atoms with van der Waals surface area (Å²) in [5.41, 5.74) is 5.80. The Kier molecular flexibility index (Phi) is 11.7. The molecule has 0 aliphatic rings. The number of nitrogens with one attached hydrogen (secondary N) is 3. The molecule has 0 unspecified atom stereocenters. The van der Waals surface area contributed by atoms with E-state index in [0.29, 0.717) is 5.56 Å². The van der Waals surface area contributed by atoms with Gasteiger partial charge in [0.2, 0.25) is 0 Å². The highest BCUT2D eigenvalue weighted by molar-refractivity contribution is 9.10. The van der Waals surface area contributed by atoms with E-state index in [9.17, 15) is 19.2 Å². The number of hydrazine groups is 1. The quantitative estimate of drug-likeness (QED) is 0.119. The summed E-state index contributed by atoms with van der Waals surface area (Å²) in [6.07, 6.45) is -2.55. The van der Waals surface area contributed by atoms with Crippen molar-refractivity contribution in [3.05, 3.63) is 100 Å². The Balaban J connectivity index is 1.56. The van der Waals surface area contributed by atoms with Crippen LogP contribution >= 0.6 is 15.9 Å². The lowest BCUT2D eigenvalue weighted by atomic mass is 10.1. The van der Waals surface area contributed by atoms with Gasteiger partial charge < -0.3 is 24.3 Å². The number of halogens is 1. The number of amides is 3. The molecule has 0 bridgehead atoms. The highest BCUT2D eigenvalue weighted by atomic mass is 79.9. The lowest BCUT2D eigenvalue weighted by Crippen LogP contribution is -2.53. The highest BCUT2D eigenvalue weighted by Gasteiger charge is 2.25. The molecule has 0 aromatic heterocycles. The molecule has 12 heteroatoms. The molecule has 3 rings (SSSR count). The number of rotatable bonds is 9. The molecule has 3 N–H and O–H groups in total. The molecule has 0 saturated carbocycles. The smallest absolute Gasteiger partial charge is 0.444 e. The third-order valence-corrected chi connectivity index (χ3v) is 6.15. The molecule has 0 spiro atoms. The maximum absolute atomic E-state index is 12.9. The molecular weight excluding hydrogens is 610 g/mol. The predicted octanol–water partition coefficient (Wildman–Crippen LogP) is 5.56. The van der Waals surface area contributed by atoms with E-state index in [0.717, 1.165) is 15.6 Å². The van der Waals surface area contributed by atoms with Gasteiger partial charge >= 0.3 is 18.3 Å².